The number of hydrogen-bond acceptors (Lipinski definition) is 3. The van der Waals surface area contributed by atoms with Crippen LogP contribution in [0.1, 0.15) is 29.2 Å². The summed E-state index contributed by atoms with van der Waals surface area (Å²) >= 11 is 6.26. The second kappa shape index (κ2) is 13.4. The first-order chi connectivity index (χ1) is 18.4. The van der Waals surface area contributed by atoms with Crippen LogP contribution in [0.3, 0.4) is 0 Å². The van der Waals surface area contributed by atoms with Crippen LogP contribution in [-0.2, 0) is 12.7 Å². The van der Waals surface area contributed by atoms with Gasteiger partial charge in [-0.3, -0.25) is 4.90 Å². The number of alkyl halides is 3. The van der Waals surface area contributed by atoms with E-state index >= 15 is 0 Å². The number of benzene rings is 4. The topological polar surface area (TPSA) is 21.7 Å². The Labute approximate surface area is 226 Å². The molecule has 0 aliphatic heterocycles. The van der Waals surface area contributed by atoms with Gasteiger partial charge in [-0.2, -0.15) is 13.2 Å². The molecule has 0 saturated carbocycles. The molecule has 0 N–H and O–H groups in total. The molecule has 7 heteroatoms. The van der Waals surface area contributed by atoms with E-state index < -0.39 is 11.7 Å². The predicted octanol–water partition coefficient (Wildman–Crippen LogP) is 8.45. The van der Waals surface area contributed by atoms with Gasteiger partial charge in [-0.15, -0.1) is 0 Å². The lowest BCUT2D eigenvalue weighted by Crippen LogP contribution is -2.32. The predicted molar refractivity (Wildman–Crippen MR) is 145 cm³/mol. The maximum absolute atomic E-state index is 13.5. The van der Waals surface area contributed by atoms with Crippen molar-refractivity contribution < 1.29 is 22.6 Å². The highest BCUT2D eigenvalue weighted by Crippen LogP contribution is 2.37. The Balaban J connectivity index is 1.55. The molecule has 38 heavy (non-hydrogen) atoms. The van der Waals surface area contributed by atoms with E-state index in [1.807, 2.05) is 91.0 Å². The van der Waals surface area contributed by atoms with Gasteiger partial charge in [0.2, 0.25) is 0 Å². The fourth-order valence-corrected chi connectivity index (χ4v) is 4.46. The molecule has 4 rings (SSSR count). The highest BCUT2D eigenvalue weighted by Gasteiger charge is 2.34. The molecule has 0 amide bonds. The van der Waals surface area contributed by atoms with Gasteiger partial charge in [0.25, 0.3) is 0 Å². The van der Waals surface area contributed by atoms with Gasteiger partial charge in [0.1, 0.15) is 17.6 Å². The standard InChI is InChI=1S/C31H29ClF3NO2/c32-30-25(14-10-19-28(30)31(33,34)35)22-36(20-11-21-37-26-15-6-2-7-16-26)23-29(24-12-4-1-5-13-24)38-27-17-8-3-9-18-27/h1-10,12-19,29H,11,20-23H2. The quantitative estimate of drug-likeness (QED) is 0.169. The Morgan fingerprint density at radius 1 is 0.737 bits per heavy atom. The van der Waals surface area contributed by atoms with Gasteiger partial charge in [0.15, 0.2) is 0 Å². The zero-order valence-corrected chi connectivity index (χ0v) is 21.5. The molecule has 198 valence electrons. The summed E-state index contributed by atoms with van der Waals surface area (Å²) in [5, 5.41) is -0.272. The van der Waals surface area contributed by atoms with E-state index in [-0.39, 0.29) is 17.7 Å². The van der Waals surface area contributed by atoms with Crippen LogP contribution in [0.4, 0.5) is 13.2 Å². The monoisotopic (exact) mass is 539 g/mol. The van der Waals surface area contributed by atoms with E-state index in [1.165, 1.54) is 6.07 Å². The van der Waals surface area contributed by atoms with Crippen molar-refractivity contribution in [3.05, 3.63) is 131 Å². The summed E-state index contributed by atoms with van der Waals surface area (Å²) in [6.45, 7) is 1.71. The van der Waals surface area contributed by atoms with Crippen LogP contribution in [0.25, 0.3) is 0 Å². The molecule has 0 fully saturated rings. The van der Waals surface area contributed by atoms with Gasteiger partial charge in [-0.05, 0) is 47.9 Å². The molecule has 0 spiro atoms. The van der Waals surface area contributed by atoms with Crippen molar-refractivity contribution >= 4 is 11.6 Å². The van der Waals surface area contributed by atoms with Crippen LogP contribution in [0.15, 0.2) is 109 Å². The van der Waals surface area contributed by atoms with E-state index in [0.29, 0.717) is 37.4 Å². The largest absolute Gasteiger partial charge is 0.494 e. The lowest BCUT2D eigenvalue weighted by atomic mass is 10.1. The second-order valence-electron chi connectivity index (χ2n) is 8.86. The van der Waals surface area contributed by atoms with E-state index in [9.17, 15) is 13.2 Å². The Morgan fingerprint density at radius 2 is 1.34 bits per heavy atom. The van der Waals surface area contributed by atoms with Crippen LogP contribution in [0.2, 0.25) is 5.02 Å². The Bertz CT molecular complexity index is 1250. The van der Waals surface area contributed by atoms with Crippen LogP contribution < -0.4 is 9.47 Å². The third-order valence-corrected chi connectivity index (χ3v) is 6.47. The number of hydrogen-bond donors (Lipinski definition) is 0. The van der Waals surface area contributed by atoms with Crippen molar-refractivity contribution in [2.75, 3.05) is 19.7 Å². The molecule has 1 atom stereocenters. The fourth-order valence-electron chi connectivity index (χ4n) is 4.17. The normalized spacial score (nSPS) is 12.3. The average Bonchev–Trinajstić information content (AvgIpc) is 2.92. The van der Waals surface area contributed by atoms with Crippen LogP contribution >= 0.6 is 11.6 Å². The van der Waals surface area contributed by atoms with E-state index in [0.717, 1.165) is 17.4 Å². The lowest BCUT2D eigenvalue weighted by Gasteiger charge is -2.29. The first kappa shape index (κ1) is 27.6. The van der Waals surface area contributed by atoms with Gasteiger partial charge >= 0.3 is 6.18 Å². The number of nitrogens with zero attached hydrogens (tertiary/aromatic N) is 1. The van der Waals surface area contributed by atoms with Gasteiger partial charge < -0.3 is 9.47 Å². The van der Waals surface area contributed by atoms with Crippen molar-refractivity contribution in [1.82, 2.24) is 4.90 Å². The van der Waals surface area contributed by atoms with Gasteiger partial charge in [-0.1, -0.05) is 90.5 Å². The van der Waals surface area contributed by atoms with Crippen molar-refractivity contribution in [3.63, 3.8) is 0 Å². The summed E-state index contributed by atoms with van der Waals surface area (Å²) in [5.74, 6) is 1.49. The van der Waals surface area contributed by atoms with Gasteiger partial charge in [0, 0.05) is 19.6 Å². The molecule has 0 aromatic heterocycles. The summed E-state index contributed by atoms with van der Waals surface area (Å²) < 4.78 is 52.8. The third-order valence-electron chi connectivity index (χ3n) is 6.03. The highest BCUT2D eigenvalue weighted by atomic mass is 35.5. The Hall–Kier alpha value is -3.48. The summed E-state index contributed by atoms with van der Waals surface area (Å²) in [4.78, 5) is 2.07. The van der Waals surface area contributed by atoms with Gasteiger partial charge in [0.05, 0.1) is 17.2 Å². The summed E-state index contributed by atoms with van der Waals surface area (Å²) in [6.07, 6.45) is -4.21. The molecular formula is C31H29ClF3NO2. The zero-order chi connectivity index (χ0) is 26.8. The van der Waals surface area contributed by atoms with Crippen molar-refractivity contribution in [1.29, 1.82) is 0 Å². The molecule has 3 nitrogen and oxygen atoms in total. The first-order valence-corrected chi connectivity index (χ1v) is 12.8. The second-order valence-corrected chi connectivity index (χ2v) is 9.23. The Morgan fingerprint density at radius 3 is 1.97 bits per heavy atom. The van der Waals surface area contributed by atoms with Crippen LogP contribution in [-0.4, -0.2) is 24.6 Å². The SMILES string of the molecule is FC(F)(F)c1cccc(CN(CCCOc2ccccc2)CC(Oc2ccccc2)c2ccccc2)c1Cl. The Kier molecular flexibility index (Phi) is 9.68. The summed E-state index contributed by atoms with van der Waals surface area (Å²) in [7, 11) is 0. The average molecular weight is 540 g/mol. The van der Waals surface area contributed by atoms with Crippen molar-refractivity contribution in [2.24, 2.45) is 0 Å². The molecule has 0 bridgehead atoms. The highest BCUT2D eigenvalue weighted by molar-refractivity contribution is 6.32. The van der Waals surface area contributed by atoms with Crippen molar-refractivity contribution in [3.8, 4) is 11.5 Å². The minimum Gasteiger partial charge on any atom is -0.494 e. The molecule has 4 aromatic carbocycles. The van der Waals surface area contributed by atoms with E-state index in [1.54, 1.807) is 6.07 Å². The molecule has 0 heterocycles. The molecular weight excluding hydrogens is 511 g/mol. The van der Waals surface area contributed by atoms with E-state index in [4.69, 9.17) is 21.1 Å². The number of halogens is 4. The van der Waals surface area contributed by atoms with E-state index in [2.05, 4.69) is 4.90 Å². The lowest BCUT2D eigenvalue weighted by molar-refractivity contribution is -0.137. The molecule has 1 unspecified atom stereocenters. The minimum absolute atomic E-state index is 0.232. The number of para-hydroxylation sites is 2. The maximum atomic E-state index is 13.5. The molecule has 0 radical (unpaired) electrons. The van der Waals surface area contributed by atoms with Crippen molar-refractivity contribution in [2.45, 2.75) is 25.2 Å². The first-order valence-electron chi connectivity index (χ1n) is 12.4. The maximum Gasteiger partial charge on any atom is 0.417 e. The van der Waals surface area contributed by atoms with Crippen LogP contribution in [0, 0.1) is 0 Å². The zero-order valence-electron chi connectivity index (χ0n) is 20.8. The smallest absolute Gasteiger partial charge is 0.417 e. The third kappa shape index (κ3) is 8.01. The number of rotatable bonds is 12. The molecule has 0 aliphatic carbocycles. The minimum atomic E-state index is -4.52. The molecule has 4 aromatic rings. The summed E-state index contributed by atoms with van der Waals surface area (Å²) in [5.41, 5.74) is 0.554. The van der Waals surface area contributed by atoms with Crippen LogP contribution in [0.5, 0.6) is 11.5 Å². The van der Waals surface area contributed by atoms with Gasteiger partial charge in [-0.25, -0.2) is 0 Å². The number of ether oxygens (including phenoxy) is 2. The molecule has 0 aliphatic rings. The fraction of sp³-hybridized carbons (Fsp3) is 0.226. The summed E-state index contributed by atoms with van der Waals surface area (Å²) in [6, 6.07) is 32.8. The molecule has 0 saturated heterocycles.